The lowest BCUT2D eigenvalue weighted by molar-refractivity contribution is -0.131. The van der Waals surface area contributed by atoms with Gasteiger partial charge >= 0.3 is 0 Å². The minimum Gasteiger partial charge on any atom is -0.373 e. The van der Waals surface area contributed by atoms with E-state index in [-0.39, 0.29) is 24.5 Å². The van der Waals surface area contributed by atoms with Gasteiger partial charge in [0.25, 0.3) is 0 Å². The summed E-state index contributed by atoms with van der Waals surface area (Å²) >= 11 is 0. The molecule has 1 amide bonds. The molecule has 0 spiro atoms. The standard InChI is InChI=1S/C24H28N2O2/c1-25-14-15-26(17-21-8-4-5-9-22(21)25)24(28)13-12-23(27)20-11-10-18-6-2-3-7-19(18)16-20/h4-5,8-11,16H,2-3,6-7,12-15,17H2,1H3. The highest BCUT2D eigenvalue weighted by Crippen LogP contribution is 2.25. The number of carbonyl (C=O) groups is 2. The number of hydrogen-bond donors (Lipinski definition) is 0. The summed E-state index contributed by atoms with van der Waals surface area (Å²) in [6, 6.07) is 14.3. The molecule has 1 heterocycles. The molecule has 0 fully saturated rings. The average molecular weight is 377 g/mol. The molecule has 0 radical (unpaired) electrons. The molecule has 0 N–H and O–H groups in total. The van der Waals surface area contributed by atoms with E-state index in [0.717, 1.165) is 30.5 Å². The third kappa shape index (κ3) is 3.96. The summed E-state index contributed by atoms with van der Waals surface area (Å²) in [6.07, 6.45) is 5.19. The fraction of sp³-hybridized carbons (Fsp3) is 0.417. The number of amides is 1. The van der Waals surface area contributed by atoms with E-state index in [2.05, 4.69) is 36.2 Å². The second-order valence-electron chi connectivity index (χ2n) is 7.98. The van der Waals surface area contributed by atoms with Crippen LogP contribution in [-0.2, 0) is 24.2 Å². The van der Waals surface area contributed by atoms with Gasteiger partial charge in [-0.15, -0.1) is 0 Å². The van der Waals surface area contributed by atoms with E-state index in [1.54, 1.807) is 0 Å². The largest absolute Gasteiger partial charge is 0.373 e. The van der Waals surface area contributed by atoms with Gasteiger partial charge in [-0.1, -0.05) is 30.3 Å². The molecule has 0 saturated carbocycles. The molecular weight excluding hydrogens is 348 g/mol. The Hall–Kier alpha value is -2.62. The summed E-state index contributed by atoms with van der Waals surface area (Å²) in [5, 5.41) is 0. The topological polar surface area (TPSA) is 40.6 Å². The minimum atomic E-state index is 0.0661. The van der Waals surface area contributed by atoms with Crippen LogP contribution in [0.25, 0.3) is 0 Å². The van der Waals surface area contributed by atoms with E-state index in [9.17, 15) is 9.59 Å². The molecule has 0 bridgehead atoms. The van der Waals surface area contributed by atoms with E-state index in [1.807, 2.05) is 23.1 Å². The van der Waals surface area contributed by atoms with Crippen molar-refractivity contribution in [1.82, 2.24) is 4.90 Å². The fourth-order valence-electron chi connectivity index (χ4n) is 4.34. The zero-order valence-corrected chi connectivity index (χ0v) is 16.6. The number of carbonyl (C=O) groups excluding carboxylic acids is 2. The third-order valence-electron chi connectivity index (χ3n) is 6.06. The summed E-state index contributed by atoms with van der Waals surface area (Å²) in [7, 11) is 2.06. The van der Waals surface area contributed by atoms with E-state index >= 15 is 0 Å². The summed E-state index contributed by atoms with van der Waals surface area (Å²) in [6.45, 7) is 2.12. The van der Waals surface area contributed by atoms with Crippen molar-refractivity contribution in [1.29, 1.82) is 0 Å². The van der Waals surface area contributed by atoms with Crippen LogP contribution in [0.15, 0.2) is 42.5 Å². The number of para-hydroxylation sites is 1. The number of ketones is 1. The molecule has 28 heavy (non-hydrogen) atoms. The Bertz CT molecular complexity index is 890. The first kappa shape index (κ1) is 18.7. The first-order valence-electron chi connectivity index (χ1n) is 10.3. The van der Waals surface area contributed by atoms with Gasteiger partial charge in [-0.2, -0.15) is 0 Å². The van der Waals surface area contributed by atoms with Crippen molar-refractivity contribution in [3.63, 3.8) is 0 Å². The molecule has 0 atom stereocenters. The van der Waals surface area contributed by atoms with Gasteiger partial charge in [0.05, 0.1) is 0 Å². The van der Waals surface area contributed by atoms with Crippen molar-refractivity contribution in [3.8, 4) is 0 Å². The van der Waals surface area contributed by atoms with Crippen molar-refractivity contribution < 1.29 is 9.59 Å². The SMILES string of the molecule is CN1CCN(C(=O)CCC(=O)c2ccc3c(c2)CCCC3)Cc2ccccc21. The summed E-state index contributed by atoms with van der Waals surface area (Å²) < 4.78 is 0. The summed E-state index contributed by atoms with van der Waals surface area (Å²) in [5.41, 5.74) is 5.80. The lowest BCUT2D eigenvalue weighted by Crippen LogP contribution is -2.34. The normalized spacial score (nSPS) is 16.2. The number of nitrogens with zero attached hydrogens (tertiary/aromatic N) is 2. The van der Waals surface area contributed by atoms with Crippen LogP contribution >= 0.6 is 0 Å². The van der Waals surface area contributed by atoms with Crippen LogP contribution in [0.3, 0.4) is 0 Å². The number of anilines is 1. The van der Waals surface area contributed by atoms with Crippen molar-refractivity contribution in [2.75, 3.05) is 25.0 Å². The molecule has 2 aliphatic rings. The maximum Gasteiger partial charge on any atom is 0.223 e. The molecule has 0 saturated heterocycles. The van der Waals surface area contributed by atoms with E-state index in [0.29, 0.717) is 13.1 Å². The lowest BCUT2D eigenvalue weighted by Gasteiger charge is -2.21. The van der Waals surface area contributed by atoms with Crippen LogP contribution in [0.4, 0.5) is 5.69 Å². The van der Waals surface area contributed by atoms with Gasteiger partial charge in [0.1, 0.15) is 0 Å². The van der Waals surface area contributed by atoms with E-state index in [1.165, 1.54) is 29.7 Å². The second-order valence-corrected chi connectivity index (χ2v) is 7.98. The zero-order valence-electron chi connectivity index (χ0n) is 16.6. The quantitative estimate of drug-likeness (QED) is 0.757. The Kier molecular flexibility index (Phi) is 5.47. The molecule has 1 aliphatic heterocycles. The molecule has 4 nitrogen and oxygen atoms in total. The molecule has 146 valence electrons. The summed E-state index contributed by atoms with van der Waals surface area (Å²) in [4.78, 5) is 29.5. The number of benzene rings is 2. The number of likely N-dealkylation sites (N-methyl/N-ethyl adjacent to an activating group) is 1. The predicted octanol–water partition coefficient (Wildman–Crippen LogP) is 4.01. The second kappa shape index (κ2) is 8.17. The van der Waals surface area contributed by atoms with Gasteiger partial charge < -0.3 is 9.80 Å². The number of fused-ring (bicyclic) bond motifs is 2. The molecule has 0 aromatic heterocycles. The van der Waals surface area contributed by atoms with Crippen molar-refractivity contribution in [3.05, 3.63) is 64.7 Å². The van der Waals surface area contributed by atoms with Crippen LogP contribution < -0.4 is 4.90 Å². The van der Waals surface area contributed by atoms with Crippen LogP contribution in [0.5, 0.6) is 0 Å². The fourth-order valence-corrected chi connectivity index (χ4v) is 4.34. The Labute approximate surface area is 167 Å². The van der Waals surface area contributed by atoms with Gasteiger partial charge in [0, 0.05) is 50.8 Å². The third-order valence-corrected chi connectivity index (χ3v) is 6.06. The maximum atomic E-state index is 12.8. The van der Waals surface area contributed by atoms with Crippen molar-refractivity contribution >= 4 is 17.4 Å². The van der Waals surface area contributed by atoms with Crippen LogP contribution in [0.2, 0.25) is 0 Å². The highest BCUT2D eigenvalue weighted by molar-refractivity contribution is 5.98. The Morgan fingerprint density at radius 1 is 0.893 bits per heavy atom. The molecule has 0 unspecified atom stereocenters. The predicted molar refractivity (Wildman–Crippen MR) is 112 cm³/mol. The summed E-state index contributed by atoms with van der Waals surface area (Å²) in [5.74, 6) is 0.144. The van der Waals surface area contributed by atoms with Crippen LogP contribution in [0, 0.1) is 0 Å². The van der Waals surface area contributed by atoms with Crippen LogP contribution in [0.1, 0.15) is 52.7 Å². The van der Waals surface area contributed by atoms with Gasteiger partial charge in [-0.3, -0.25) is 9.59 Å². The first-order chi connectivity index (χ1) is 13.6. The van der Waals surface area contributed by atoms with Crippen molar-refractivity contribution in [2.45, 2.75) is 45.1 Å². The number of Topliss-reactive ketones (excluding diaryl/α,β-unsaturated/α-hetero) is 1. The maximum absolute atomic E-state index is 12.8. The Morgan fingerprint density at radius 2 is 1.68 bits per heavy atom. The number of hydrogen-bond acceptors (Lipinski definition) is 3. The first-order valence-corrected chi connectivity index (χ1v) is 10.3. The molecular formula is C24H28N2O2. The Balaban J connectivity index is 1.38. The molecule has 2 aromatic rings. The van der Waals surface area contributed by atoms with E-state index in [4.69, 9.17) is 0 Å². The van der Waals surface area contributed by atoms with Gasteiger partial charge in [0.2, 0.25) is 5.91 Å². The zero-order chi connectivity index (χ0) is 19.5. The monoisotopic (exact) mass is 376 g/mol. The molecule has 1 aliphatic carbocycles. The van der Waals surface area contributed by atoms with Crippen molar-refractivity contribution in [2.24, 2.45) is 0 Å². The van der Waals surface area contributed by atoms with Gasteiger partial charge in [0.15, 0.2) is 5.78 Å². The number of aryl methyl sites for hydroxylation is 2. The Morgan fingerprint density at radius 3 is 2.54 bits per heavy atom. The minimum absolute atomic E-state index is 0.0661. The molecule has 2 aromatic carbocycles. The molecule has 4 heteroatoms. The highest BCUT2D eigenvalue weighted by atomic mass is 16.2. The lowest BCUT2D eigenvalue weighted by atomic mass is 9.89. The van der Waals surface area contributed by atoms with E-state index < -0.39 is 0 Å². The molecule has 4 rings (SSSR count). The number of rotatable bonds is 4. The smallest absolute Gasteiger partial charge is 0.223 e. The van der Waals surface area contributed by atoms with Crippen LogP contribution in [-0.4, -0.2) is 36.7 Å². The van der Waals surface area contributed by atoms with Gasteiger partial charge in [-0.25, -0.2) is 0 Å². The highest BCUT2D eigenvalue weighted by Gasteiger charge is 2.22. The average Bonchev–Trinajstić information content (AvgIpc) is 2.90. The van der Waals surface area contributed by atoms with Gasteiger partial charge in [-0.05, 0) is 54.5 Å².